The van der Waals surface area contributed by atoms with Gasteiger partial charge in [0.2, 0.25) is 16.8 Å². The lowest BCUT2D eigenvalue weighted by Gasteiger charge is -2.34. The Morgan fingerprint density at radius 1 is 1.35 bits per heavy atom. The second-order valence-electron chi connectivity index (χ2n) is 6.50. The summed E-state index contributed by atoms with van der Waals surface area (Å²) in [4.78, 5) is 14.1. The molecular formula is C18H21NO3S. The lowest BCUT2D eigenvalue weighted by molar-refractivity contribution is -0.582. The van der Waals surface area contributed by atoms with Crippen molar-refractivity contribution in [2.45, 2.75) is 53.1 Å². The molecule has 1 aromatic carbocycles. The van der Waals surface area contributed by atoms with E-state index in [2.05, 4.69) is 0 Å². The molecule has 0 fully saturated rings. The summed E-state index contributed by atoms with van der Waals surface area (Å²) in [6.07, 6.45) is 1.26. The van der Waals surface area contributed by atoms with Gasteiger partial charge < -0.3 is 9.84 Å². The number of ether oxygens (including phenoxy) is 1. The SMILES string of the molecule is Cc1cc([O-])c(C)c2c1OC(C)(C(=O)[n+]1csc(C)c1C)CC2. The number of hydrogen-bond donors (Lipinski definition) is 0. The molecule has 1 atom stereocenters. The third-order valence-corrected chi connectivity index (χ3v) is 5.82. The van der Waals surface area contributed by atoms with Crippen molar-refractivity contribution in [3.8, 4) is 11.5 Å². The number of aryl methyl sites for hydroxylation is 2. The molecule has 23 heavy (non-hydrogen) atoms. The van der Waals surface area contributed by atoms with E-state index in [4.69, 9.17) is 4.74 Å². The molecule has 122 valence electrons. The molecule has 1 unspecified atom stereocenters. The van der Waals surface area contributed by atoms with Crippen molar-refractivity contribution in [3.63, 3.8) is 0 Å². The van der Waals surface area contributed by atoms with Crippen LogP contribution in [0.4, 0.5) is 0 Å². The van der Waals surface area contributed by atoms with E-state index in [-0.39, 0.29) is 11.7 Å². The number of fused-ring (bicyclic) bond motifs is 1. The normalized spacial score (nSPS) is 20.0. The van der Waals surface area contributed by atoms with Crippen LogP contribution in [0.1, 0.15) is 45.4 Å². The predicted octanol–water partition coefficient (Wildman–Crippen LogP) is 2.77. The van der Waals surface area contributed by atoms with Gasteiger partial charge in [-0.15, -0.1) is 10.3 Å². The Kier molecular flexibility index (Phi) is 3.71. The number of aromatic nitrogens is 1. The summed E-state index contributed by atoms with van der Waals surface area (Å²) in [6, 6.07) is 1.59. The van der Waals surface area contributed by atoms with Crippen LogP contribution < -0.4 is 14.4 Å². The molecule has 0 radical (unpaired) electrons. The molecule has 0 bridgehead atoms. The summed E-state index contributed by atoms with van der Waals surface area (Å²) in [5, 5.41) is 12.0. The van der Waals surface area contributed by atoms with Crippen molar-refractivity contribution in [2.24, 2.45) is 0 Å². The quantitative estimate of drug-likeness (QED) is 0.755. The molecule has 0 spiro atoms. The van der Waals surface area contributed by atoms with Gasteiger partial charge in [0.1, 0.15) is 5.75 Å². The van der Waals surface area contributed by atoms with E-state index < -0.39 is 5.60 Å². The van der Waals surface area contributed by atoms with E-state index in [0.29, 0.717) is 18.6 Å². The van der Waals surface area contributed by atoms with Crippen LogP contribution in [-0.4, -0.2) is 11.5 Å². The van der Waals surface area contributed by atoms with Crippen molar-refractivity contribution >= 4 is 17.2 Å². The monoisotopic (exact) mass is 331 g/mol. The second-order valence-corrected chi connectivity index (χ2v) is 7.56. The Bertz CT molecular complexity index is 809. The van der Waals surface area contributed by atoms with Crippen LogP contribution in [0.3, 0.4) is 0 Å². The molecular weight excluding hydrogens is 310 g/mol. The Morgan fingerprint density at radius 3 is 2.65 bits per heavy atom. The Morgan fingerprint density at radius 2 is 2.04 bits per heavy atom. The highest BCUT2D eigenvalue weighted by Crippen LogP contribution is 2.40. The number of thiazole rings is 1. The summed E-state index contributed by atoms with van der Waals surface area (Å²) in [7, 11) is 0. The molecule has 0 amide bonds. The van der Waals surface area contributed by atoms with Crippen LogP contribution in [0.25, 0.3) is 0 Å². The molecule has 3 rings (SSSR count). The third kappa shape index (κ3) is 2.43. The Balaban J connectivity index is 2.02. The zero-order valence-electron chi connectivity index (χ0n) is 14.1. The first-order valence-electron chi connectivity index (χ1n) is 7.75. The Labute approximate surface area is 140 Å². The fraction of sp³-hybridized carbons (Fsp3) is 0.444. The van der Waals surface area contributed by atoms with Crippen LogP contribution in [0.2, 0.25) is 0 Å². The summed E-state index contributed by atoms with van der Waals surface area (Å²) >= 11 is 1.56. The lowest BCUT2D eigenvalue weighted by Crippen LogP contribution is -2.59. The van der Waals surface area contributed by atoms with Crippen LogP contribution in [0.5, 0.6) is 11.5 Å². The van der Waals surface area contributed by atoms with Gasteiger partial charge in [0.25, 0.3) is 0 Å². The van der Waals surface area contributed by atoms with Gasteiger partial charge in [-0.05, 0) is 45.2 Å². The molecule has 4 nitrogen and oxygen atoms in total. The standard InChI is InChI=1S/C18H21NO3S/c1-10-8-15(20)11(2)14-6-7-18(5,22-16(10)14)17(21)19-9-23-13(4)12(19)3/h8-9H,6-7H2,1-5H3. The van der Waals surface area contributed by atoms with Gasteiger partial charge in [-0.3, -0.25) is 0 Å². The summed E-state index contributed by atoms with van der Waals surface area (Å²) in [6.45, 7) is 9.49. The van der Waals surface area contributed by atoms with Crippen molar-refractivity contribution in [3.05, 3.63) is 38.8 Å². The van der Waals surface area contributed by atoms with Gasteiger partial charge in [0.05, 0.1) is 4.88 Å². The highest BCUT2D eigenvalue weighted by Gasteiger charge is 2.47. The van der Waals surface area contributed by atoms with Crippen molar-refractivity contribution in [1.29, 1.82) is 0 Å². The van der Waals surface area contributed by atoms with Crippen molar-refractivity contribution in [2.75, 3.05) is 0 Å². The molecule has 1 aliphatic rings. The topological polar surface area (TPSA) is 53.2 Å². The van der Waals surface area contributed by atoms with E-state index >= 15 is 0 Å². The van der Waals surface area contributed by atoms with Gasteiger partial charge in [-0.1, -0.05) is 23.0 Å². The van der Waals surface area contributed by atoms with E-state index in [1.54, 1.807) is 22.0 Å². The molecule has 1 aliphatic heterocycles. The molecule has 0 aliphatic carbocycles. The molecule has 0 saturated heterocycles. The summed E-state index contributed by atoms with van der Waals surface area (Å²) < 4.78 is 7.85. The molecule has 1 aromatic heterocycles. The van der Waals surface area contributed by atoms with E-state index in [9.17, 15) is 9.90 Å². The van der Waals surface area contributed by atoms with Crippen LogP contribution in [0, 0.1) is 27.7 Å². The summed E-state index contributed by atoms with van der Waals surface area (Å²) in [5.74, 6) is 0.695. The van der Waals surface area contributed by atoms with Gasteiger partial charge in [0.15, 0.2) is 0 Å². The fourth-order valence-corrected chi connectivity index (χ4v) is 3.87. The van der Waals surface area contributed by atoms with Crippen molar-refractivity contribution in [1.82, 2.24) is 0 Å². The van der Waals surface area contributed by atoms with Gasteiger partial charge >= 0.3 is 5.91 Å². The number of rotatable bonds is 1. The maximum Gasteiger partial charge on any atom is 0.436 e. The van der Waals surface area contributed by atoms with E-state index in [1.807, 2.05) is 40.1 Å². The van der Waals surface area contributed by atoms with Gasteiger partial charge in [0, 0.05) is 13.3 Å². The Hall–Kier alpha value is -1.88. The largest absolute Gasteiger partial charge is 0.872 e. The zero-order valence-corrected chi connectivity index (χ0v) is 15.0. The maximum absolute atomic E-state index is 13.0. The third-order valence-electron chi connectivity index (χ3n) is 4.86. The average molecular weight is 331 g/mol. The average Bonchev–Trinajstić information content (AvgIpc) is 2.84. The molecule has 2 aromatic rings. The van der Waals surface area contributed by atoms with Crippen molar-refractivity contribution < 1.29 is 19.2 Å². The fourth-order valence-electron chi connectivity index (χ4n) is 3.08. The molecule has 2 heterocycles. The van der Waals surface area contributed by atoms with E-state index in [0.717, 1.165) is 27.3 Å². The minimum absolute atomic E-state index is 0.0402. The molecule has 0 saturated carbocycles. The summed E-state index contributed by atoms with van der Waals surface area (Å²) in [5.41, 5.74) is 4.38. The first-order chi connectivity index (χ1) is 10.7. The lowest BCUT2D eigenvalue weighted by atomic mass is 9.88. The first-order valence-corrected chi connectivity index (χ1v) is 8.63. The van der Waals surface area contributed by atoms with Gasteiger partial charge in [-0.25, -0.2) is 4.79 Å². The van der Waals surface area contributed by atoms with Crippen LogP contribution >= 0.6 is 11.3 Å². The highest BCUT2D eigenvalue weighted by atomic mass is 32.1. The molecule has 0 N–H and O–H groups in total. The predicted molar refractivity (Wildman–Crippen MR) is 87.3 cm³/mol. The number of hydrogen-bond acceptors (Lipinski definition) is 4. The number of carbonyl (C=O) groups excluding carboxylic acids is 1. The number of nitrogens with zero attached hydrogens (tertiary/aromatic N) is 1. The molecule has 5 heteroatoms. The number of carbonyl (C=O) groups is 1. The zero-order chi connectivity index (χ0) is 16.9. The van der Waals surface area contributed by atoms with Gasteiger partial charge in [-0.2, -0.15) is 0 Å². The minimum atomic E-state index is -0.905. The van der Waals surface area contributed by atoms with E-state index in [1.165, 1.54) is 0 Å². The number of benzene rings is 1. The van der Waals surface area contributed by atoms with Crippen LogP contribution in [0.15, 0.2) is 11.6 Å². The first kappa shape index (κ1) is 16.0. The second kappa shape index (κ2) is 5.34. The maximum atomic E-state index is 13.0. The smallest absolute Gasteiger partial charge is 0.436 e. The highest BCUT2D eigenvalue weighted by molar-refractivity contribution is 7.09. The minimum Gasteiger partial charge on any atom is -0.872 e. The van der Waals surface area contributed by atoms with Crippen LogP contribution in [-0.2, 0) is 6.42 Å².